The monoisotopic (exact) mass is 532 g/mol. The van der Waals surface area contributed by atoms with E-state index in [9.17, 15) is 24.3 Å². The molecule has 0 bridgehead atoms. The minimum atomic E-state index is -1.57. The van der Waals surface area contributed by atoms with E-state index in [4.69, 9.17) is 10.6 Å². The van der Waals surface area contributed by atoms with Crippen LogP contribution in [0.5, 0.6) is 5.88 Å². The Morgan fingerprint density at radius 2 is 2.15 bits per heavy atom. The second kappa shape index (κ2) is 10.8. The number of fused-ring (bicyclic) bond motifs is 1. The van der Waals surface area contributed by atoms with Crippen LogP contribution in [0.4, 0.5) is 10.3 Å². The van der Waals surface area contributed by atoms with Crippen LogP contribution in [0.2, 0.25) is 0 Å². The van der Waals surface area contributed by atoms with Gasteiger partial charge in [0.2, 0.25) is 11.0 Å². The fourth-order valence-corrected chi connectivity index (χ4v) is 5.68. The van der Waals surface area contributed by atoms with Crippen LogP contribution in [-0.4, -0.2) is 67.2 Å². The predicted molar refractivity (Wildman–Crippen MR) is 117 cm³/mol. The number of nitrogens with zero attached hydrogens (tertiary/aromatic N) is 5. The van der Waals surface area contributed by atoms with Crippen LogP contribution in [0.15, 0.2) is 16.2 Å². The molecule has 3 amide bonds. The number of thioether (sulfide) groups is 1. The maximum atomic E-state index is 12.7. The van der Waals surface area contributed by atoms with Crippen LogP contribution in [0.1, 0.15) is 11.9 Å². The van der Waals surface area contributed by atoms with Crippen molar-refractivity contribution in [3.63, 3.8) is 0 Å². The van der Waals surface area contributed by atoms with E-state index in [1.165, 1.54) is 24.1 Å². The molecule has 172 valence electrons. The second-order valence-electron chi connectivity index (χ2n) is 6.45. The Labute approximate surface area is 225 Å². The number of carbonyl (C=O) groups excluding carboxylic acids is 4. The smallest absolute Gasteiger partial charge is 0.543 e. The maximum Gasteiger partial charge on any atom is 1.00 e. The molecule has 14 nitrogen and oxygen atoms in total. The molecule has 2 aliphatic heterocycles. The normalized spacial score (nSPS) is 19.2. The van der Waals surface area contributed by atoms with Gasteiger partial charge >= 0.3 is 29.6 Å². The molecule has 0 spiro atoms. The zero-order valence-corrected chi connectivity index (χ0v) is 22.0. The van der Waals surface area contributed by atoms with Crippen LogP contribution in [0.25, 0.3) is 5.57 Å². The molecule has 2 aromatic rings. The molecule has 34 heavy (non-hydrogen) atoms. The number of carboxylic acid groups (broad SMARTS) is 1. The molecule has 0 saturated carbocycles. The summed E-state index contributed by atoms with van der Waals surface area (Å²) in [7, 11) is 0. The molecule has 1 fully saturated rings. The van der Waals surface area contributed by atoms with Gasteiger partial charge in [0.05, 0.1) is 17.0 Å². The number of carbonyl (C=O) groups is 4. The van der Waals surface area contributed by atoms with Gasteiger partial charge in [-0.25, -0.2) is 0 Å². The molecule has 4 rings (SSSR count). The Balaban J connectivity index is 0.00000324. The van der Waals surface area contributed by atoms with E-state index in [-0.39, 0.29) is 73.6 Å². The Hall–Kier alpha value is -2.57. The fraction of sp³-hybridized carbons (Fsp3) is 0.250. The molecule has 2 aliphatic rings. The first kappa shape index (κ1) is 26.0. The first-order valence-corrected chi connectivity index (χ1v) is 11.7. The molecule has 0 aliphatic carbocycles. The SMILES string of the molecule is CC(=O)Nc1nnc(C2=C(C(=O)[O-])N3C(=O)C(NC(=O)/C=N/Oc4csc(N)n4)C3SC2)s1.[Na+]. The molecule has 2 atom stereocenters. The summed E-state index contributed by atoms with van der Waals surface area (Å²) < 4.78 is 0. The number of nitrogens with one attached hydrogen (secondary N) is 2. The molecule has 2 aromatic heterocycles. The van der Waals surface area contributed by atoms with Crippen LogP contribution < -0.4 is 55.9 Å². The van der Waals surface area contributed by atoms with Gasteiger partial charge in [-0.3, -0.25) is 19.3 Å². The molecule has 4 heterocycles. The molecular formula is C16H13N8NaO6S3. The summed E-state index contributed by atoms with van der Waals surface area (Å²) in [6.07, 6.45) is 0.824. The van der Waals surface area contributed by atoms with E-state index in [2.05, 4.69) is 31.0 Å². The standard InChI is InChI=1S/C16H14N8O6S3.Na/c1-5(25)19-16-23-22-11(33-16)6-3-31-13-9(12(27)24(13)10(6)14(28)29)20-7(26)2-18-30-8-4-32-15(17)21-8;/h2,4,9,13H,3H2,1H3,(H2,17,21)(H,20,26)(H,28,29)(H,19,23,25);/q;+1/p-1/b18-2+;. The van der Waals surface area contributed by atoms with Gasteiger partial charge in [0.15, 0.2) is 5.13 Å². The molecule has 4 N–H and O–H groups in total. The number of rotatable bonds is 7. The van der Waals surface area contributed by atoms with E-state index < -0.39 is 29.2 Å². The number of aromatic nitrogens is 3. The largest absolute Gasteiger partial charge is 1.00 e. The Morgan fingerprint density at radius 1 is 1.38 bits per heavy atom. The Bertz CT molecular complexity index is 1210. The number of anilines is 2. The third kappa shape index (κ3) is 5.39. The molecule has 18 heteroatoms. The third-order valence-corrected chi connectivity index (χ3v) is 7.07. The number of amides is 3. The van der Waals surface area contributed by atoms with Gasteiger partial charge in [-0.1, -0.05) is 16.5 Å². The summed E-state index contributed by atoms with van der Waals surface area (Å²) in [5.74, 6) is -2.99. The summed E-state index contributed by atoms with van der Waals surface area (Å²) >= 11 is 3.34. The van der Waals surface area contributed by atoms with Crippen LogP contribution in [0.3, 0.4) is 0 Å². The van der Waals surface area contributed by atoms with Crippen molar-refractivity contribution in [2.24, 2.45) is 5.16 Å². The van der Waals surface area contributed by atoms with Crippen molar-refractivity contribution in [1.29, 1.82) is 0 Å². The number of carboxylic acids is 1. The van der Waals surface area contributed by atoms with Crippen molar-refractivity contribution >= 4 is 80.2 Å². The Morgan fingerprint density at radius 3 is 2.79 bits per heavy atom. The van der Waals surface area contributed by atoms with Gasteiger partial charge < -0.3 is 31.1 Å². The number of β-lactam (4-membered cyclic amide) rings is 1. The minimum absolute atomic E-state index is 0. The number of oxime groups is 1. The minimum Gasteiger partial charge on any atom is -0.543 e. The number of nitrogen functional groups attached to an aromatic ring is 1. The molecule has 1 saturated heterocycles. The van der Waals surface area contributed by atoms with Crippen molar-refractivity contribution in [1.82, 2.24) is 25.4 Å². The van der Waals surface area contributed by atoms with Gasteiger partial charge in [0.1, 0.15) is 22.6 Å². The molecule has 0 radical (unpaired) electrons. The number of hydrogen-bond acceptors (Lipinski definition) is 14. The zero-order valence-electron chi connectivity index (χ0n) is 17.5. The number of nitrogens with two attached hydrogens (primary N) is 1. The average Bonchev–Trinajstić information content (AvgIpc) is 3.39. The van der Waals surface area contributed by atoms with Crippen molar-refractivity contribution in [3.8, 4) is 5.88 Å². The van der Waals surface area contributed by atoms with Crippen LogP contribution in [0, 0.1) is 0 Å². The maximum absolute atomic E-state index is 12.7. The molecular weight excluding hydrogens is 519 g/mol. The molecule has 0 aromatic carbocycles. The van der Waals surface area contributed by atoms with Crippen LogP contribution >= 0.6 is 34.4 Å². The van der Waals surface area contributed by atoms with Gasteiger partial charge in [-0.2, -0.15) is 4.98 Å². The van der Waals surface area contributed by atoms with E-state index in [0.29, 0.717) is 0 Å². The Kier molecular flexibility index (Phi) is 8.26. The summed E-state index contributed by atoms with van der Waals surface area (Å²) in [4.78, 5) is 57.5. The van der Waals surface area contributed by atoms with E-state index in [1.54, 1.807) is 0 Å². The topological polar surface area (TPSA) is 205 Å². The number of hydrogen-bond donors (Lipinski definition) is 3. The first-order valence-electron chi connectivity index (χ1n) is 8.97. The zero-order chi connectivity index (χ0) is 23.7. The number of aliphatic carboxylic acids is 1. The summed E-state index contributed by atoms with van der Waals surface area (Å²) in [6, 6.07) is -0.968. The van der Waals surface area contributed by atoms with Crippen molar-refractivity contribution < 1.29 is 58.7 Å². The van der Waals surface area contributed by atoms with E-state index in [0.717, 1.165) is 33.8 Å². The van der Waals surface area contributed by atoms with Crippen molar-refractivity contribution in [2.45, 2.75) is 18.3 Å². The van der Waals surface area contributed by atoms with Gasteiger partial charge in [-0.05, 0) is 0 Å². The summed E-state index contributed by atoms with van der Waals surface area (Å²) in [5.41, 5.74) is 5.35. The van der Waals surface area contributed by atoms with E-state index in [1.807, 2.05) is 0 Å². The summed E-state index contributed by atoms with van der Waals surface area (Å²) in [5, 5.41) is 29.5. The fourth-order valence-electron chi connectivity index (χ4n) is 2.95. The summed E-state index contributed by atoms with van der Waals surface area (Å²) in [6.45, 7) is 1.30. The van der Waals surface area contributed by atoms with Gasteiger partial charge in [0, 0.05) is 18.2 Å². The van der Waals surface area contributed by atoms with E-state index >= 15 is 0 Å². The van der Waals surface area contributed by atoms with Crippen LogP contribution in [-0.2, 0) is 19.2 Å². The second-order valence-corrected chi connectivity index (χ2v) is 9.43. The van der Waals surface area contributed by atoms with Crippen molar-refractivity contribution in [2.75, 3.05) is 16.8 Å². The van der Waals surface area contributed by atoms with Crippen molar-refractivity contribution in [3.05, 3.63) is 16.1 Å². The van der Waals surface area contributed by atoms with Gasteiger partial charge in [-0.15, -0.1) is 33.3 Å². The number of thiazole rings is 1. The first-order chi connectivity index (χ1) is 15.7. The van der Waals surface area contributed by atoms with Gasteiger partial charge in [0.25, 0.3) is 17.7 Å². The third-order valence-electron chi connectivity index (χ3n) is 4.24. The quantitative estimate of drug-likeness (QED) is 0.134. The average molecular weight is 533 g/mol. The predicted octanol–water partition coefficient (Wildman–Crippen LogP) is -4.54. The molecule has 2 unspecified atom stereocenters.